The van der Waals surface area contributed by atoms with Crippen molar-refractivity contribution in [2.24, 2.45) is 0 Å². The number of pyridine rings is 2. The van der Waals surface area contributed by atoms with Crippen molar-refractivity contribution in [1.29, 1.82) is 0 Å². The van der Waals surface area contributed by atoms with E-state index in [0.717, 1.165) is 40.7 Å². The Morgan fingerprint density at radius 3 is 2.47 bits per heavy atom. The number of piperazine rings is 1. The Hall–Kier alpha value is -3.22. The van der Waals surface area contributed by atoms with Crippen molar-refractivity contribution in [3.05, 3.63) is 54.6 Å². The Bertz CT molecular complexity index is 1090. The first-order valence-electron chi connectivity index (χ1n) is 11.5. The third kappa shape index (κ3) is 4.24. The first-order valence-corrected chi connectivity index (χ1v) is 11.5. The summed E-state index contributed by atoms with van der Waals surface area (Å²) in [6, 6.07) is 10.8. The lowest BCUT2D eigenvalue weighted by atomic mass is 9.96. The largest absolute Gasteiger partial charge is 0.351 e. The van der Waals surface area contributed by atoms with Crippen LogP contribution in [0.15, 0.2) is 48.8 Å². The van der Waals surface area contributed by atoms with Gasteiger partial charge in [-0.1, -0.05) is 37.5 Å². The lowest BCUT2D eigenvalue weighted by Crippen LogP contribution is -2.54. The van der Waals surface area contributed by atoms with Crippen molar-refractivity contribution >= 4 is 22.8 Å². The van der Waals surface area contributed by atoms with Gasteiger partial charge < -0.3 is 15.1 Å². The van der Waals surface area contributed by atoms with E-state index in [1.165, 1.54) is 31.4 Å². The maximum atomic E-state index is 13.4. The summed E-state index contributed by atoms with van der Waals surface area (Å²) in [5.41, 5.74) is 2.67. The van der Waals surface area contributed by atoms with Gasteiger partial charge in [-0.15, -0.1) is 0 Å². The van der Waals surface area contributed by atoms with Crippen LogP contribution >= 0.6 is 0 Å². The number of anilines is 1. The van der Waals surface area contributed by atoms with Crippen LogP contribution in [0.4, 0.5) is 15.0 Å². The van der Waals surface area contributed by atoms with Gasteiger partial charge in [0.15, 0.2) is 5.82 Å². The van der Waals surface area contributed by atoms with Gasteiger partial charge in [0, 0.05) is 55.6 Å². The van der Waals surface area contributed by atoms with E-state index in [-0.39, 0.29) is 11.8 Å². The summed E-state index contributed by atoms with van der Waals surface area (Å²) in [5, 5.41) is 4.20. The molecule has 1 N–H and O–H groups in total. The van der Waals surface area contributed by atoms with Crippen LogP contribution in [0.25, 0.3) is 22.0 Å². The number of benzene rings is 1. The number of carbonyl (C=O) groups is 1. The summed E-state index contributed by atoms with van der Waals surface area (Å²) < 4.78 is 13.4. The first-order chi connectivity index (χ1) is 15.7. The summed E-state index contributed by atoms with van der Waals surface area (Å²) >= 11 is 0. The van der Waals surface area contributed by atoms with Crippen molar-refractivity contribution in [1.82, 2.24) is 20.2 Å². The Morgan fingerprint density at radius 1 is 0.969 bits per heavy atom. The van der Waals surface area contributed by atoms with Crippen LogP contribution in [0.1, 0.15) is 32.1 Å². The van der Waals surface area contributed by atoms with Gasteiger partial charge >= 0.3 is 6.03 Å². The molecule has 0 unspecified atom stereocenters. The lowest BCUT2D eigenvalue weighted by Gasteiger charge is -2.36. The first kappa shape index (κ1) is 20.7. The normalized spacial score (nSPS) is 17.5. The van der Waals surface area contributed by atoms with Gasteiger partial charge in [0.1, 0.15) is 11.3 Å². The predicted octanol–water partition coefficient (Wildman–Crippen LogP) is 4.60. The molecule has 7 heteroatoms. The van der Waals surface area contributed by atoms with E-state index in [4.69, 9.17) is 4.98 Å². The molecular formula is C25H28FN5O. The van der Waals surface area contributed by atoms with E-state index >= 15 is 0 Å². The molecule has 1 aromatic carbocycles. The predicted molar refractivity (Wildman–Crippen MR) is 124 cm³/mol. The minimum atomic E-state index is -0.258. The number of nitrogens with one attached hydrogen (secondary N) is 1. The molecule has 2 amide bonds. The fourth-order valence-corrected chi connectivity index (χ4v) is 4.78. The highest BCUT2D eigenvalue weighted by Crippen LogP contribution is 2.32. The molecule has 0 radical (unpaired) electrons. The number of hydrogen-bond donors (Lipinski definition) is 1. The average molecular weight is 434 g/mol. The van der Waals surface area contributed by atoms with E-state index in [9.17, 15) is 9.18 Å². The van der Waals surface area contributed by atoms with E-state index < -0.39 is 0 Å². The second-order valence-corrected chi connectivity index (χ2v) is 8.66. The summed E-state index contributed by atoms with van der Waals surface area (Å²) in [5.74, 6) is 0.574. The van der Waals surface area contributed by atoms with E-state index in [1.54, 1.807) is 18.3 Å². The Balaban J connectivity index is 1.32. The van der Waals surface area contributed by atoms with Crippen LogP contribution in [-0.2, 0) is 0 Å². The molecule has 2 aromatic heterocycles. The smallest absolute Gasteiger partial charge is 0.317 e. The Morgan fingerprint density at radius 2 is 1.72 bits per heavy atom. The molecule has 1 saturated heterocycles. The van der Waals surface area contributed by atoms with Crippen molar-refractivity contribution < 1.29 is 9.18 Å². The minimum absolute atomic E-state index is 0.0548. The molecule has 166 valence electrons. The standard InChI is InChI=1S/C25H28FN5O/c26-19-10-8-18(9-11-19)22-17-28-24(23-21(22)7-4-12-27-23)30-13-15-31(16-14-30)25(32)29-20-5-2-1-3-6-20/h4,7-12,17,20H,1-3,5-6,13-16H2,(H,29,32). The fraction of sp³-hybridized carbons (Fsp3) is 0.400. The minimum Gasteiger partial charge on any atom is -0.351 e. The van der Waals surface area contributed by atoms with Crippen LogP contribution < -0.4 is 10.2 Å². The molecule has 0 bridgehead atoms. The van der Waals surface area contributed by atoms with Crippen molar-refractivity contribution in [2.75, 3.05) is 31.1 Å². The van der Waals surface area contributed by atoms with Gasteiger partial charge in [-0.3, -0.25) is 4.98 Å². The topological polar surface area (TPSA) is 61.4 Å². The highest BCUT2D eigenvalue weighted by Gasteiger charge is 2.25. The molecule has 32 heavy (non-hydrogen) atoms. The monoisotopic (exact) mass is 433 g/mol. The quantitative estimate of drug-likeness (QED) is 0.656. The van der Waals surface area contributed by atoms with Crippen molar-refractivity contribution in [3.63, 3.8) is 0 Å². The SMILES string of the molecule is O=C(NC1CCCCC1)N1CCN(c2ncc(-c3ccc(F)cc3)c3cccnc23)CC1. The van der Waals surface area contributed by atoms with Gasteiger partial charge in [0.25, 0.3) is 0 Å². The number of hydrogen-bond acceptors (Lipinski definition) is 4. The molecule has 0 spiro atoms. The number of nitrogens with zero attached hydrogens (tertiary/aromatic N) is 4. The van der Waals surface area contributed by atoms with Gasteiger partial charge in [-0.25, -0.2) is 14.2 Å². The van der Waals surface area contributed by atoms with Gasteiger partial charge in [0.2, 0.25) is 0 Å². The molecule has 6 nitrogen and oxygen atoms in total. The highest BCUT2D eigenvalue weighted by molar-refractivity contribution is 5.99. The highest BCUT2D eigenvalue weighted by atomic mass is 19.1. The number of amides is 2. The van der Waals surface area contributed by atoms with Crippen LogP contribution in [-0.4, -0.2) is 53.1 Å². The van der Waals surface area contributed by atoms with Crippen LogP contribution in [0.3, 0.4) is 0 Å². The number of rotatable bonds is 3. The zero-order chi connectivity index (χ0) is 21.9. The van der Waals surface area contributed by atoms with Gasteiger partial charge in [-0.2, -0.15) is 0 Å². The molecule has 1 saturated carbocycles. The van der Waals surface area contributed by atoms with Crippen LogP contribution in [0.5, 0.6) is 0 Å². The second kappa shape index (κ2) is 9.10. The maximum Gasteiger partial charge on any atom is 0.317 e. The van der Waals surface area contributed by atoms with E-state index in [2.05, 4.69) is 15.2 Å². The molecule has 2 aliphatic rings. The number of halogens is 1. The van der Waals surface area contributed by atoms with E-state index in [1.807, 2.05) is 23.2 Å². The molecule has 5 rings (SSSR count). The lowest BCUT2D eigenvalue weighted by molar-refractivity contribution is 0.186. The number of carbonyl (C=O) groups excluding carboxylic acids is 1. The van der Waals surface area contributed by atoms with E-state index in [0.29, 0.717) is 32.2 Å². The fourth-order valence-electron chi connectivity index (χ4n) is 4.78. The molecular weight excluding hydrogens is 405 g/mol. The zero-order valence-electron chi connectivity index (χ0n) is 18.1. The third-order valence-electron chi connectivity index (χ3n) is 6.58. The summed E-state index contributed by atoms with van der Waals surface area (Å²) in [6.45, 7) is 2.75. The third-order valence-corrected chi connectivity index (χ3v) is 6.58. The van der Waals surface area contributed by atoms with Gasteiger partial charge in [0.05, 0.1) is 0 Å². The molecule has 1 aliphatic heterocycles. The van der Waals surface area contributed by atoms with Crippen molar-refractivity contribution in [2.45, 2.75) is 38.1 Å². The number of aromatic nitrogens is 2. The maximum absolute atomic E-state index is 13.4. The molecule has 3 aromatic rings. The van der Waals surface area contributed by atoms with Gasteiger partial charge in [-0.05, 0) is 36.6 Å². The Kier molecular flexibility index (Phi) is 5.88. The number of fused-ring (bicyclic) bond motifs is 1. The Labute approximate surface area is 187 Å². The molecule has 2 fully saturated rings. The summed E-state index contributed by atoms with van der Waals surface area (Å²) in [7, 11) is 0. The summed E-state index contributed by atoms with van der Waals surface area (Å²) in [6.07, 6.45) is 9.49. The van der Waals surface area contributed by atoms with Crippen molar-refractivity contribution in [3.8, 4) is 11.1 Å². The van der Waals surface area contributed by atoms with Crippen LogP contribution in [0.2, 0.25) is 0 Å². The zero-order valence-corrected chi connectivity index (χ0v) is 18.1. The average Bonchev–Trinajstić information content (AvgIpc) is 2.85. The molecule has 1 aliphatic carbocycles. The van der Waals surface area contributed by atoms with Crippen LogP contribution in [0, 0.1) is 5.82 Å². The summed E-state index contributed by atoms with van der Waals surface area (Å²) in [4.78, 5) is 26.2. The molecule has 0 atom stereocenters. The molecule has 3 heterocycles. The second-order valence-electron chi connectivity index (χ2n) is 8.66. The number of urea groups is 1.